The molecule has 0 unspecified atom stereocenters. The van der Waals surface area contributed by atoms with Crippen LogP contribution in [0.2, 0.25) is 0 Å². The fourth-order valence-electron chi connectivity index (χ4n) is 2.56. The summed E-state index contributed by atoms with van der Waals surface area (Å²) >= 11 is 0. The Morgan fingerprint density at radius 3 is 2.71 bits per heavy atom. The van der Waals surface area contributed by atoms with Crippen LogP contribution in [0.5, 0.6) is 0 Å². The molecule has 0 aromatic carbocycles. The van der Waals surface area contributed by atoms with E-state index in [1.165, 1.54) is 0 Å². The molecule has 1 aliphatic carbocycles. The van der Waals surface area contributed by atoms with E-state index in [9.17, 15) is 4.79 Å². The number of pyridine rings is 1. The molecule has 0 N–H and O–H groups in total. The fraction of sp³-hybridized carbons (Fsp3) is 0.412. The Labute approximate surface area is 124 Å². The summed E-state index contributed by atoms with van der Waals surface area (Å²) in [5, 5.41) is 0. The zero-order valence-corrected chi connectivity index (χ0v) is 12.6. The average Bonchev–Trinajstić information content (AvgIpc) is 3.24. The van der Waals surface area contributed by atoms with Crippen molar-refractivity contribution in [2.24, 2.45) is 0 Å². The van der Waals surface area contributed by atoms with Crippen LogP contribution in [0.3, 0.4) is 0 Å². The van der Waals surface area contributed by atoms with E-state index in [0.29, 0.717) is 18.1 Å². The number of carbonyl (C=O) groups excluding carboxylic acids is 1. The van der Waals surface area contributed by atoms with Gasteiger partial charge in [0, 0.05) is 11.5 Å². The van der Waals surface area contributed by atoms with E-state index in [-0.39, 0.29) is 5.97 Å². The zero-order valence-electron chi connectivity index (χ0n) is 12.6. The second-order valence-electron chi connectivity index (χ2n) is 5.45. The molecule has 0 bridgehead atoms. The minimum atomic E-state index is -0.279. The van der Waals surface area contributed by atoms with E-state index < -0.39 is 0 Å². The van der Waals surface area contributed by atoms with Gasteiger partial charge in [-0.1, -0.05) is 0 Å². The Balaban J connectivity index is 2.03. The number of hydrogen-bond donors (Lipinski definition) is 0. The van der Waals surface area contributed by atoms with Gasteiger partial charge in [0.1, 0.15) is 11.5 Å². The van der Waals surface area contributed by atoms with Crippen molar-refractivity contribution in [2.75, 3.05) is 6.61 Å². The van der Waals surface area contributed by atoms with Gasteiger partial charge in [0.15, 0.2) is 0 Å². The lowest BCUT2D eigenvalue weighted by molar-refractivity contribution is 0.0524. The molecule has 1 aliphatic rings. The molecule has 1 saturated carbocycles. The minimum absolute atomic E-state index is 0.279. The first-order chi connectivity index (χ1) is 10.1. The molecule has 1 fully saturated rings. The van der Waals surface area contributed by atoms with Gasteiger partial charge in [-0.15, -0.1) is 0 Å². The van der Waals surface area contributed by atoms with Gasteiger partial charge in [0.05, 0.1) is 23.6 Å². The molecule has 4 nitrogen and oxygen atoms in total. The van der Waals surface area contributed by atoms with Gasteiger partial charge in [-0.05, 0) is 51.8 Å². The highest BCUT2D eigenvalue weighted by Crippen LogP contribution is 2.41. The van der Waals surface area contributed by atoms with Crippen LogP contribution in [-0.2, 0) is 4.74 Å². The molecule has 0 saturated heterocycles. The number of hydrogen-bond acceptors (Lipinski definition) is 4. The SMILES string of the molecule is CCOC(=O)c1ccc(-c2cc(C)oc2C)nc1C1CC1. The van der Waals surface area contributed by atoms with Gasteiger partial charge < -0.3 is 9.15 Å². The highest BCUT2D eigenvalue weighted by molar-refractivity contribution is 5.91. The Hall–Kier alpha value is -2.10. The first-order valence-corrected chi connectivity index (χ1v) is 7.35. The second kappa shape index (κ2) is 5.35. The molecule has 0 amide bonds. The van der Waals surface area contributed by atoms with E-state index in [1.807, 2.05) is 39.0 Å². The molecule has 21 heavy (non-hydrogen) atoms. The molecule has 0 radical (unpaired) electrons. The van der Waals surface area contributed by atoms with Crippen molar-refractivity contribution in [1.29, 1.82) is 0 Å². The molecule has 2 heterocycles. The quantitative estimate of drug-likeness (QED) is 0.796. The lowest BCUT2D eigenvalue weighted by Gasteiger charge is -2.09. The topological polar surface area (TPSA) is 52.3 Å². The summed E-state index contributed by atoms with van der Waals surface area (Å²) in [6.07, 6.45) is 2.18. The lowest BCUT2D eigenvalue weighted by Crippen LogP contribution is -2.09. The minimum Gasteiger partial charge on any atom is -0.466 e. The van der Waals surface area contributed by atoms with Gasteiger partial charge in [-0.2, -0.15) is 0 Å². The third-order valence-electron chi connectivity index (χ3n) is 3.70. The van der Waals surface area contributed by atoms with Crippen molar-refractivity contribution in [3.63, 3.8) is 0 Å². The normalized spacial score (nSPS) is 14.2. The number of aromatic nitrogens is 1. The van der Waals surface area contributed by atoms with Crippen LogP contribution in [0.4, 0.5) is 0 Å². The first kappa shape index (κ1) is 13.9. The van der Waals surface area contributed by atoms with Crippen LogP contribution >= 0.6 is 0 Å². The van der Waals surface area contributed by atoms with Crippen LogP contribution in [-0.4, -0.2) is 17.6 Å². The lowest BCUT2D eigenvalue weighted by atomic mass is 10.1. The third kappa shape index (κ3) is 2.71. The maximum Gasteiger partial charge on any atom is 0.339 e. The van der Waals surface area contributed by atoms with Crippen LogP contribution in [0.1, 0.15) is 53.3 Å². The van der Waals surface area contributed by atoms with Gasteiger partial charge in [0.2, 0.25) is 0 Å². The van der Waals surface area contributed by atoms with Crippen LogP contribution < -0.4 is 0 Å². The third-order valence-corrected chi connectivity index (χ3v) is 3.70. The maximum atomic E-state index is 12.0. The van der Waals surface area contributed by atoms with Crippen molar-refractivity contribution in [3.8, 4) is 11.3 Å². The summed E-state index contributed by atoms with van der Waals surface area (Å²) in [6, 6.07) is 5.68. The van der Waals surface area contributed by atoms with Gasteiger partial charge >= 0.3 is 5.97 Å². The van der Waals surface area contributed by atoms with Crippen LogP contribution in [0, 0.1) is 13.8 Å². The summed E-state index contributed by atoms with van der Waals surface area (Å²) in [5.41, 5.74) is 3.31. The fourth-order valence-corrected chi connectivity index (χ4v) is 2.56. The molecular formula is C17H19NO3. The van der Waals surface area contributed by atoms with E-state index >= 15 is 0 Å². The number of rotatable bonds is 4. The Bertz CT molecular complexity index is 683. The average molecular weight is 285 g/mol. The predicted octanol–water partition coefficient (Wildman–Crippen LogP) is 4.01. The Morgan fingerprint density at radius 2 is 2.14 bits per heavy atom. The molecule has 0 spiro atoms. The number of ether oxygens (including phenoxy) is 1. The van der Waals surface area contributed by atoms with Crippen molar-refractivity contribution in [3.05, 3.63) is 41.0 Å². The molecular weight excluding hydrogens is 266 g/mol. The van der Waals surface area contributed by atoms with E-state index in [2.05, 4.69) is 0 Å². The van der Waals surface area contributed by atoms with Crippen molar-refractivity contribution < 1.29 is 13.9 Å². The number of aryl methyl sites for hydroxylation is 2. The van der Waals surface area contributed by atoms with Gasteiger partial charge in [-0.25, -0.2) is 4.79 Å². The number of furan rings is 1. The summed E-state index contributed by atoms with van der Waals surface area (Å²) in [4.78, 5) is 16.8. The Morgan fingerprint density at radius 1 is 1.38 bits per heavy atom. The summed E-state index contributed by atoms with van der Waals surface area (Å²) in [7, 11) is 0. The smallest absolute Gasteiger partial charge is 0.339 e. The number of esters is 1. The van der Waals surface area contributed by atoms with E-state index in [4.69, 9.17) is 14.1 Å². The predicted molar refractivity (Wildman–Crippen MR) is 79.3 cm³/mol. The van der Waals surface area contributed by atoms with Crippen LogP contribution in [0.15, 0.2) is 22.6 Å². The monoisotopic (exact) mass is 285 g/mol. The summed E-state index contributed by atoms with van der Waals surface area (Å²) in [6.45, 7) is 6.05. The van der Waals surface area contributed by atoms with Gasteiger partial charge in [-0.3, -0.25) is 4.98 Å². The van der Waals surface area contributed by atoms with Gasteiger partial charge in [0.25, 0.3) is 0 Å². The highest BCUT2D eigenvalue weighted by atomic mass is 16.5. The highest BCUT2D eigenvalue weighted by Gasteiger charge is 2.30. The molecule has 2 aromatic heterocycles. The van der Waals surface area contributed by atoms with Crippen molar-refractivity contribution >= 4 is 5.97 Å². The van der Waals surface area contributed by atoms with Crippen LogP contribution in [0.25, 0.3) is 11.3 Å². The second-order valence-corrected chi connectivity index (χ2v) is 5.45. The summed E-state index contributed by atoms with van der Waals surface area (Å²) < 4.78 is 10.7. The molecule has 110 valence electrons. The molecule has 0 aliphatic heterocycles. The van der Waals surface area contributed by atoms with Crippen molar-refractivity contribution in [1.82, 2.24) is 4.98 Å². The van der Waals surface area contributed by atoms with Crippen molar-refractivity contribution in [2.45, 2.75) is 39.5 Å². The molecule has 3 rings (SSSR count). The number of nitrogens with zero attached hydrogens (tertiary/aromatic N) is 1. The molecule has 2 aromatic rings. The number of carbonyl (C=O) groups is 1. The largest absolute Gasteiger partial charge is 0.466 e. The molecule has 0 atom stereocenters. The Kier molecular flexibility index (Phi) is 3.53. The first-order valence-electron chi connectivity index (χ1n) is 7.35. The van der Waals surface area contributed by atoms with E-state index in [1.54, 1.807) is 0 Å². The summed E-state index contributed by atoms with van der Waals surface area (Å²) in [5.74, 6) is 1.83. The standard InChI is InChI=1S/C17H19NO3/c1-4-20-17(19)13-7-8-15(18-16(13)12-5-6-12)14-9-10(2)21-11(14)3/h7-9,12H,4-6H2,1-3H3. The maximum absolute atomic E-state index is 12.0. The zero-order chi connectivity index (χ0) is 15.0. The molecule has 4 heteroatoms. The van der Waals surface area contributed by atoms with E-state index in [0.717, 1.165) is 41.3 Å².